The molecule has 0 atom stereocenters. The highest BCUT2D eigenvalue weighted by Crippen LogP contribution is 2.39. The van der Waals surface area contributed by atoms with Crippen LogP contribution in [0.25, 0.3) is 0 Å². The molecule has 0 saturated carbocycles. The normalized spacial score (nSPS) is 18.7. The number of anilines is 1. The van der Waals surface area contributed by atoms with Crippen LogP contribution in [0.15, 0.2) is 48.9 Å². The van der Waals surface area contributed by atoms with Crippen LogP contribution in [0.1, 0.15) is 18.4 Å². The van der Waals surface area contributed by atoms with Gasteiger partial charge in [0.1, 0.15) is 11.4 Å². The maximum atomic E-state index is 13.4. The average molecular weight is 395 g/mol. The van der Waals surface area contributed by atoms with E-state index in [1.165, 1.54) is 4.90 Å². The van der Waals surface area contributed by atoms with Crippen molar-refractivity contribution in [3.8, 4) is 0 Å². The molecule has 2 fully saturated rings. The summed E-state index contributed by atoms with van der Waals surface area (Å²) in [6.45, 7) is 2.30. The molecule has 8 heteroatoms. The summed E-state index contributed by atoms with van der Waals surface area (Å²) in [6.07, 6.45) is 6.16. The van der Waals surface area contributed by atoms with Crippen molar-refractivity contribution in [3.63, 3.8) is 0 Å². The van der Waals surface area contributed by atoms with Crippen molar-refractivity contribution in [3.05, 3.63) is 54.5 Å². The summed E-state index contributed by atoms with van der Waals surface area (Å²) in [5.41, 5.74) is 0.192. The maximum Gasteiger partial charge on any atom is 0.328 e. The molecule has 2 aromatic rings. The van der Waals surface area contributed by atoms with Crippen LogP contribution in [-0.4, -0.2) is 70.6 Å². The van der Waals surface area contributed by atoms with Crippen molar-refractivity contribution in [2.75, 3.05) is 38.3 Å². The van der Waals surface area contributed by atoms with Crippen LogP contribution in [-0.2, 0) is 16.1 Å². The molecule has 0 bridgehead atoms. The lowest BCUT2D eigenvalue weighted by atomic mass is 9.85. The van der Waals surface area contributed by atoms with E-state index in [0.29, 0.717) is 39.1 Å². The molecule has 4 rings (SSSR count). The van der Waals surface area contributed by atoms with Crippen molar-refractivity contribution >= 4 is 17.8 Å². The molecule has 1 aromatic carbocycles. The van der Waals surface area contributed by atoms with Crippen LogP contribution in [0.3, 0.4) is 0 Å². The number of carbonyl (C=O) groups is 2. The van der Waals surface area contributed by atoms with Gasteiger partial charge in [0.2, 0.25) is 0 Å². The summed E-state index contributed by atoms with van der Waals surface area (Å²) in [5.74, 6) is 0.680. The number of rotatable bonds is 6. The molecule has 0 unspecified atom stereocenters. The third-order valence-corrected chi connectivity index (χ3v) is 5.79. The number of imide groups is 1. The van der Waals surface area contributed by atoms with E-state index in [9.17, 15) is 9.59 Å². The van der Waals surface area contributed by atoms with Crippen LogP contribution < -0.4 is 4.90 Å². The number of amides is 3. The number of hydrogen-bond acceptors (Lipinski definition) is 6. The third-order valence-electron chi connectivity index (χ3n) is 5.79. The smallest absolute Gasteiger partial charge is 0.328 e. The molecule has 152 valence electrons. The summed E-state index contributed by atoms with van der Waals surface area (Å²) in [7, 11) is 1.57. The van der Waals surface area contributed by atoms with Crippen LogP contribution >= 0.6 is 0 Å². The van der Waals surface area contributed by atoms with Gasteiger partial charge in [-0.2, -0.15) is 0 Å². The molecule has 3 amide bonds. The zero-order chi connectivity index (χ0) is 20.3. The molecule has 2 aliphatic rings. The summed E-state index contributed by atoms with van der Waals surface area (Å²) in [5, 5.41) is 0. The molecule has 29 heavy (non-hydrogen) atoms. The lowest BCUT2D eigenvalue weighted by molar-refractivity contribution is -0.134. The van der Waals surface area contributed by atoms with E-state index in [1.807, 2.05) is 30.3 Å². The Labute approximate surface area is 170 Å². The fourth-order valence-corrected chi connectivity index (χ4v) is 4.19. The Kier molecular flexibility index (Phi) is 5.44. The summed E-state index contributed by atoms with van der Waals surface area (Å²) in [6, 6.07) is 9.58. The first-order valence-corrected chi connectivity index (χ1v) is 9.83. The van der Waals surface area contributed by atoms with E-state index in [1.54, 1.807) is 30.6 Å². The fourth-order valence-electron chi connectivity index (χ4n) is 4.19. The van der Waals surface area contributed by atoms with Gasteiger partial charge in [0.25, 0.3) is 5.91 Å². The number of ether oxygens (including phenoxy) is 1. The van der Waals surface area contributed by atoms with Gasteiger partial charge >= 0.3 is 6.03 Å². The largest absolute Gasteiger partial charge is 0.383 e. The molecular formula is C21H25N5O3. The van der Waals surface area contributed by atoms with Crippen LogP contribution in [0.2, 0.25) is 0 Å². The zero-order valence-electron chi connectivity index (χ0n) is 16.5. The molecule has 0 radical (unpaired) electrons. The van der Waals surface area contributed by atoms with E-state index in [2.05, 4.69) is 14.9 Å². The van der Waals surface area contributed by atoms with Gasteiger partial charge in [-0.1, -0.05) is 30.3 Å². The Balaban J connectivity index is 1.59. The van der Waals surface area contributed by atoms with Crippen LogP contribution in [0, 0.1) is 0 Å². The number of carbonyl (C=O) groups excluding carboxylic acids is 2. The number of benzene rings is 1. The van der Waals surface area contributed by atoms with E-state index in [4.69, 9.17) is 4.74 Å². The van der Waals surface area contributed by atoms with Crippen molar-refractivity contribution in [1.29, 1.82) is 0 Å². The third kappa shape index (κ3) is 3.55. The number of hydrogen-bond donors (Lipinski definition) is 0. The van der Waals surface area contributed by atoms with E-state index in [-0.39, 0.29) is 18.5 Å². The Morgan fingerprint density at radius 1 is 1.10 bits per heavy atom. The molecule has 2 aliphatic heterocycles. The molecule has 1 aromatic heterocycles. The van der Waals surface area contributed by atoms with Gasteiger partial charge in [-0.25, -0.2) is 9.78 Å². The van der Waals surface area contributed by atoms with Gasteiger partial charge in [0.05, 0.1) is 19.3 Å². The lowest BCUT2D eigenvalue weighted by Gasteiger charge is -2.42. The Hall–Kier alpha value is -3.00. The minimum atomic E-state index is -0.820. The molecule has 8 nitrogen and oxygen atoms in total. The van der Waals surface area contributed by atoms with Gasteiger partial charge in [0.15, 0.2) is 0 Å². The fraction of sp³-hybridized carbons (Fsp3) is 0.429. The molecule has 1 spiro atoms. The number of aromatic nitrogens is 2. The minimum absolute atomic E-state index is 0.116. The van der Waals surface area contributed by atoms with Gasteiger partial charge in [-0.3, -0.25) is 14.7 Å². The molecular weight excluding hydrogens is 370 g/mol. The lowest BCUT2D eigenvalue weighted by Crippen LogP contribution is -2.56. The number of urea groups is 1. The number of nitrogens with zero attached hydrogens (tertiary/aromatic N) is 5. The van der Waals surface area contributed by atoms with Crippen molar-refractivity contribution in [1.82, 2.24) is 19.8 Å². The highest BCUT2D eigenvalue weighted by atomic mass is 16.5. The highest BCUT2D eigenvalue weighted by molar-refractivity contribution is 6.07. The summed E-state index contributed by atoms with van der Waals surface area (Å²) < 4.78 is 5.12. The first-order chi connectivity index (χ1) is 14.2. The van der Waals surface area contributed by atoms with Gasteiger partial charge in [-0.15, -0.1) is 0 Å². The van der Waals surface area contributed by atoms with Crippen molar-refractivity contribution in [2.45, 2.75) is 24.9 Å². The Morgan fingerprint density at radius 3 is 2.52 bits per heavy atom. The predicted octanol–water partition coefficient (Wildman–Crippen LogP) is 1.93. The second kappa shape index (κ2) is 8.16. The van der Waals surface area contributed by atoms with E-state index in [0.717, 1.165) is 11.4 Å². The van der Waals surface area contributed by atoms with Crippen LogP contribution in [0.4, 0.5) is 10.6 Å². The van der Waals surface area contributed by atoms with Crippen molar-refractivity contribution in [2.24, 2.45) is 0 Å². The Morgan fingerprint density at radius 2 is 1.86 bits per heavy atom. The SMILES string of the molecule is COCCN1C(=O)N(Cc2ccccc2)C2(CCN(c3cnccn3)CC2)C1=O. The second-order valence-electron chi connectivity index (χ2n) is 7.39. The van der Waals surface area contributed by atoms with Gasteiger partial charge in [0, 0.05) is 39.1 Å². The predicted molar refractivity (Wildman–Crippen MR) is 107 cm³/mol. The molecule has 3 heterocycles. The first-order valence-electron chi connectivity index (χ1n) is 9.83. The number of methoxy groups -OCH3 is 1. The minimum Gasteiger partial charge on any atom is -0.383 e. The quantitative estimate of drug-likeness (QED) is 0.696. The van der Waals surface area contributed by atoms with E-state index >= 15 is 0 Å². The standard InChI is InChI=1S/C21H25N5O3/c1-29-14-13-25-19(27)21(26(20(25)28)16-17-5-3-2-4-6-17)7-11-24(12-8-21)18-15-22-9-10-23-18/h2-6,9-10,15H,7-8,11-14,16H2,1H3. The molecule has 0 N–H and O–H groups in total. The first kappa shape index (κ1) is 19.3. The topological polar surface area (TPSA) is 78.9 Å². The molecule has 0 aliphatic carbocycles. The van der Waals surface area contributed by atoms with Crippen molar-refractivity contribution < 1.29 is 14.3 Å². The van der Waals surface area contributed by atoms with Gasteiger partial charge < -0.3 is 14.5 Å². The molecule has 2 saturated heterocycles. The maximum absolute atomic E-state index is 13.4. The summed E-state index contributed by atoms with van der Waals surface area (Å²) >= 11 is 0. The summed E-state index contributed by atoms with van der Waals surface area (Å²) in [4.78, 5) is 40.3. The average Bonchev–Trinajstić information content (AvgIpc) is 2.95. The van der Waals surface area contributed by atoms with Gasteiger partial charge in [-0.05, 0) is 18.4 Å². The number of piperidine rings is 1. The Bertz CT molecular complexity index is 853. The second-order valence-corrected chi connectivity index (χ2v) is 7.39. The van der Waals surface area contributed by atoms with Crippen LogP contribution in [0.5, 0.6) is 0 Å². The zero-order valence-corrected chi connectivity index (χ0v) is 16.5. The monoisotopic (exact) mass is 395 g/mol. The van der Waals surface area contributed by atoms with E-state index < -0.39 is 5.54 Å². The highest BCUT2D eigenvalue weighted by Gasteiger charge is 2.57.